The second-order valence-electron chi connectivity index (χ2n) is 7.50. The first kappa shape index (κ1) is 23.1. The minimum Gasteiger partial charge on any atom is -0.342 e. The van der Waals surface area contributed by atoms with Crippen molar-refractivity contribution in [3.05, 3.63) is 64.7 Å². The van der Waals surface area contributed by atoms with Crippen molar-refractivity contribution in [3.63, 3.8) is 0 Å². The Kier molecular flexibility index (Phi) is 7.23. The quantitative estimate of drug-likeness (QED) is 0.696. The van der Waals surface area contributed by atoms with Crippen molar-refractivity contribution >= 4 is 29.1 Å². The summed E-state index contributed by atoms with van der Waals surface area (Å²) in [5.74, 6) is -0.671. The average molecular weight is 454 g/mol. The summed E-state index contributed by atoms with van der Waals surface area (Å²) in [5, 5.41) is 2.50. The Morgan fingerprint density at radius 2 is 1.77 bits per heavy atom. The SMILES string of the molecule is CN(CC(=O)N1CCCC1)[C@H](C(=O)Nc1cc(C(F)(F)F)ccc1Cl)c1ccccc1. The van der Waals surface area contributed by atoms with Crippen LogP contribution in [-0.2, 0) is 15.8 Å². The number of carbonyl (C=O) groups excluding carboxylic acids is 2. The van der Waals surface area contributed by atoms with Crippen molar-refractivity contribution in [2.75, 3.05) is 32.0 Å². The van der Waals surface area contributed by atoms with Gasteiger partial charge in [0.05, 0.1) is 22.8 Å². The van der Waals surface area contributed by atoms with Crippen molar-refractivity contribution in [3.8, 4) is 0 Å². The van der Waals surface area contributed by atoms with Crippen LogP contribution in [0.4, 0.5) is 18.9 Å². The van der Waals surface area contributed by atoms with E-state index in [-0.39, 0.29) is 23.2 Å². The minimum atomic E-state index is -4.57. The second-order valence-corrected chi connectivity index (χ2v) is 7.91. The fourth-order valence-electron chi connectivity index (χ4n) is 3.61. The van der Waals surface area contributed by atoms with Crippen LogP contribution in [0.3, 0.4) is 0 Å². The van der Waals surface area contributed by atoms with Crippen LogP contribution in [0.2, 0.25) is 5.02 Å². The second kappa shape index (κ2) is 9.70. The van der Waals surface area contributed by atoms with Crippen molar-refractivity contribution < 1.29 is 22.8 Å². The largest absolute Gasteiger partial charge is 0.416 e. The van der Waals surface area contributed by atoms with Crippen LogP contribution >= 0.6 is 11.6 Å². The molecule has 5 nitrogen and oxygen atoms in total. The third-order valence-corrected chi connectivity index (χ3v) is 5.53. The molecule has 0 aromatic heterocycles. The number of anilines is 1. The number of hydrogen-bond acceptors (Lipinski definition) is 3. The monoisotopic (exact) mass is 453 g/mol. The van der Waals surface area contributed by atoms with E-state index in [9.17, 15) is 22.8 Å². The molecule has 0 saturated carbocycles. The molecule has 0 radical (unpaired) electrons. The van der Waals surface area contributed by atoms with E-state index in [1.165, 1.54) is 0 Å². The Balaban J connectivity index is 1.84. The number of benzene rings is 2. The zero-order valence-electron chi connectivity index (χ0n) is 17.0. The van der Waals surface area contributed by atoms with Gasteiger partial charge in [-0.1, -0.05) is 41.9 Å². The lowest BCUT2D eigenvalue weighted by atomic mass is 10.0. The predicted octanol–water partition coefficient (Wildman–Crippen LogP) is 4.59. The molecule has 0 spiro atoms. The molecular weight excluding hydrogens is 431 g/mol. The molecule has 2 amide bonds. The molecule has 1 aliphatic rings. The van der Waals surface area contributed by atoms with E-state index >= 15 is 0 Å². The van der Waals surface area contributed by atoms with Gasteiger partial charge in [0.1, 0.15) is 6.04 Å². The lowest BCUT2D eigenvalue weighted by molar-refractivity contribution is -0.137. The van der Waals surface area contributed by atoms with E-state index in [0.29, 0.717) is 18.7 Å². The molecular formula is C22H23ClF3N3O2. The molecule has 2 aromatic carbocycles. The van der Waals surface area contributed by atoms with Crippen molar-refractivity contribution in [1.82, 2.24) is 9.80 Å². The van der Waals surface area contributed by atoms with Crippen molar-refractivity contribution in [2.24, 2.45) is 0 Å². The van der Waals surface area contributed by atoms with Crippen LogP contribution in [0.5, 0.6) is 0 Å². The van der Waals surface area contributed by atoms with Gasteiger partial charge in [0.15, 0.2) is 0 Å². The Bertz CT molecular complexity index is 931. The molecule has 3 rings (SSSR count). The Morgan fingerprint density at radius 3 is 2.39 bits per heavy atom. The molecule has 1 heterocycles. The molecule has 1 aliphatic heterocycles. The highest BCUT2D eigenvalue weighted by Crippen LogP contribution is 2.34. The molecule has 0 bridgehead atoms. The van der Waals surface area contributed by atoms with E-state index in [0.717, 1.165) is 31.0 Å². The zero-order valence-corrected chi connectivity index (χ0v) is 17.7. The molecule has 166 valence electrons. The molecule has 31 heavy (non-hydrogen) atoms. The standard InChI is InChI=1S/C22H23ClF3N3O2/c1-28(14-19(30)29-11-5-6-12-29)20(15-7-3-2-4-8-15)21(31)27-18-13-16(22(24,25)26)9-10-17(18)23/h2-4,7-10,13,20H,5-6,11-12,14H2,1H3,(H,27,31)/t20-/m0/s1. The Morgan fingerprint density at radius 1 is 1.13 bits per heavy atom. The van der Waals surface area contributed by atoms with Gasteiger partial charge in [-0.2, -0.15) is 13.2 Å². The number of rotatable bonds is 6. The summed E-state index contributed by atoms with van der Waals surface area (Å²) in [6, 6.07) is 10.6. The first-order valence-electron chi connectivity index (χ1n) is 9.87. The highest BCUT2D eigenvalue weighted by Gasteiger charge is 2.32. The molecule has 1 saturated heterocycles. The van der Waals surface area contributed by atoms with E-state index in [1.54, 1.807) is 47.2 Å². The summed E-state index contributed by atoms with van der Waals surface area (Å²) < 4.78 is 39.2. The maximum atomic E-state index is 13.2. The molecule has 1 fully saturated rings. The summed E-state index contributed by atoms with van der Waals surface area (Å²) in [7, 11) is 1.64. The maximum absolute atomic E-state index is 13.2. The van der Waals surface area contributed by atoms with Crippen molar-refractivity contribution in [2.45, 2.75) is 25.1 Å². The first-order valence-corrected chi connectivity index (χ1v) is 10.2. The summed E-state index contributed by atoms with van der Waals surface area (Å²) >= 11 is 6.03. The average Bonchev–Trinajstić information content (AvgIpc) is 3.25. The van der Waals surface area contributed by atoms with Gasteiger partial charge in [0.25, 0.3) is 0 Å². The maximum Gasteiger partial charge on any atom is 0.416 e. The highest BCUT2D eigenvalue weighted by molar-refractivity contribution is 6.33. The van der Waals surface area contributed by atoms with Crippen LogP contribution in [0.1, 0.15) is 30.0 Å². The summed E-state index contributed by atoms with van der Waals surface area (Å²) in [4.78, 5) is 29.1. The molecule has 0 unspecified atom stereocenters. The lowest BCUT2D eigenvalue weighted by Crippen LogP contribution is -2.42. The van der Waals surface area contributed by atoms with Gasteiger partial charge >= 0.3 is 6.18 Å². The zero-order chi connectivity index (χ0) is 22.6. The van der Waals surface area contributed by atoms with Crippen LogP contribution in [0.15, 0.2) is 48.5 Å². The first-order chi connectivity index (χ1) is 14.7. The lowest BCUT2D eigenvalue weighted by Gasteiger charge is -2.29. The van der Waals surface area contributed by atoms with Crippen LogP contribution < -0.4 is 5.32 Å². The molecule has 2 aromatic rings. The number of likely N-dealkylation sites (tertiary alicyclic amines) is 1. The summed E-state index contributed by atoms with van der Waals surface area (Å²) in [5.41, 5.74) is -0.442. The Hall–Kier alpha value is -2.58. The van der Waals surface area contributed by atoms with Gasteiger partial charge < -0.3 is 10.2 Å². The third-order valence-electron chi connectivity index (χ3n) is 5.20. The number of hydrogen-bond donors (Lipinski definition) is 1. The van der Waals surface area contributed by atoms with Crippen molar-refractivity contribution in [1.29, 1.82) is 0 Å². The topological polar surface area (TPSA) is 52.7 Å². The highest BCUT2D eigenvalue weighted by atomic mass is 35.5. The van der Waals surface area contributed by atoms with E-state index in [2.05, 4.69) is 5.32 Å². The van der Waals surface area contributed by atoms with E-state index < -0.39 is 23.7 Å². The normalized spacial score (nSPS) is 15.2. The number of amides is 2. The predicted molar refractivity (Wildman–Crippen MR) is 113 cm³/mol. The number of halogens is 4. The number of carbonyl (C=O) groups is 2. The van der Waals surface area contributed by atoms with Gasteiger partial charge in [-0.3, -0.25) is 14.5 Å². The fourth-order valence-corrected chi connectivity index (χ4v) is 3.78. The van der Waals surface area contributed by atoms with Crippen LogP contribution in [0.25, 0.3) is 0 Å². The number of nitrogens with one attached hydrogen (secondary N) is 1. The third kappa shape index (κ3) is 5.77. The van der Waals surface area contributed by atoms with Gasteiger partial charge in [-0.05, 0) is 43.7 Å². The molecule has 0 aliphatic carbocycles. The van der Waals surface area contributed by atoms with Gasteiger partial charge in [0.2, 0.25) is 11.8 Å². The Labute approximate surface area is 183 Å². The van der Waals surface area contributed by atoms with Crippen LogP contribution in [-0.4, -0.2) is 48.3 Å². The number of likely N-dealkylation sites (N-methyl/N-ethyl adjacent to an activating group) is 1. The fraction of sp³-hybridized carbons (Fsp3) is 0.364. The number of nitrogens with zero attached hydrogens (tertiary/aromatic N) is 2. The van der Waals surface area contributed by atoms with Gasteiger partial charge in [0, 0.05) is 13.1 Å². The van der Waals surface area contributed by atoms with E-state index in [4.69, 9.17) is 11.6 Å². The summed E-state index contributed by atoms with van der Waals surface area (Å²) in [6.07, 6.45) is -2.67. The smallest absolute Gasteiger partial charge is 0.342 e. The molecule has 9 heteroatoms. The summed E-state index contributed by atoms with van der Waals surface area (Å²) in [6.45, 7) is 1.38. The van der Waals surface area contributed by atoms with Crippen LogP contribution in [0, 0.1) is 0 Å². The molecule has 1 N–H and O–H groups in total. The minimum absolute atomic E-state index is 0.00328. The molecule has 1 atom stereocenters. The van der Waals surface area contributed by atoms with Gasteiger partial charge in [-0.15, -0.1) is 0 Å². The van der Waals surface area contributed by atoms with E-state index in [1.807, 2.05) is 0 Å². The number of alkyl halides is 3. The van der Waals surface area contributed by atoms with Gasteiger partial charge in [-0.25, -0.2) is 0 Å².